The monoisotopic (exact) mass is 455 g/mol. The molecular weight excluding hydrogens is 441 g/mol. The molecule has 1 heterocycles. The van der Waals surface area contributed by atoms with Crippen LogP contribution in [0, 0.1) is 0 Å². The van der Waals surface area contributed by atoms with E-state index < -0.39 is 0 Å². The van der Waals surface area contributed by atoms with Crippen LogP contribution in [0.1, 0.15) is 0 Å². The van der Waals surface area contributed by atoms with E-state index in [1.165, 1.54) is 4.57 Å². The standard InChI is InChI=1S/C22H15Cl2N3O2S/c23-15-8-2-5-11-18(15)25-20(28)13-30-22-26-17-10-4-1-7-14(17)21(29)27(22)19-12-6-3-9-16(19)24/h1-12H,13H2,(H,25,28). The van der Waals surface area contributed by atoms with E-state index in [0.717, 1.165) is 11.8 Å². The average Bonchev–Trinajstić information content (AvgIpc) is 2.75. The summed E-state index contributed by atoms with van der Waals surface area (Å²) in [6.45, 7) is 0. The number of rotatable bonds is 5. The van der Waals surface area contributed by atoms with Crippen LogP contribution in [-0.4, -0.2) is 21.2 Å². The molecule has 30 heavy (non-hydrogen) atoms. The molecule has 0 radical (unpaired) electrons. The van der Waals surface area contributed by atoms with E-state index in [2.05, 4.69) is 10.3 Å². The number of para-hydroxylation sites is 3. The van der Waals surface area contributed by atoms with Gasteiger partial charge in [0.2, 0.25) is 5.91 Å². The highest BCUT2D eigenvalue weighted by molar-refractivity contribution is 7.99. The van der Waals surface area contributed by atoms with E-state index in [0.29, 0.717) is 37.5 Å². The second-order valence-corrected chi connectivity index (χ2v) is 8.08. The van der Waals surface area contributed by atoms with Crippen LogP contribution in [0.3, 0.4) is 0 Å². The number of hydrogen-bond acceptors (Lipinski definition) is 4. The Balaban J connectivity index is 1.70. The molecule has 0 spiro atoms. The lowest BCUT2D eigenvalue weighted by atomic mass is 10.2. The first-order valence-corrected chi connectivity index (χ1v) is 10.7. The third-order valence-corrected chi connectivity index (χ3v) is 5.91. The summed E-state index contributed by atoms with van der Waals surface area (Å²) in [6, 6.07) is 21.1. The van der Waals surface area contributed by atoms with Gasteiger partial charge >= 0.3 is 0 Å². The van der Waals surface area contributed by atoms with Gasteiger partial charge in [0.05, 0.1) is 38.1 Å². The summed E-state index contributed by atoms with van der Waals surface area (Å²) >= 11 is 13.6. The van der Waals surface area contributed by atoms with Crippen LogP contribution in [0.4, 0.5) is 5.69 Å². The van der Waals surface area contributed by atoms with Crippen LogP contribution < -0.4 is 10.9 Å². The number of amides is 1. The van der Waals surface area contributed by atoms with E-state index in [4.69, 9.17) is 23.2 Å². The number of anilines is 1. The van der Waals surface area contributed by atoms with Gasteiger partial charge in [-0.15, -0.1) is 0 Å². The Morgan fingerprint density at radius 2 is 1.60 bits per heavy atom. The van der Waals surface area contributed by atoms with Gasteiger partial charge in [-0.05, 0) is 36.4 Å². The van der Waals surface area contributed by atoms with Gasteiger partial charge < -0.3 is 5.32 Å². The highest BCUT2D eigenvalue weighted by Gasteiger charge is 2.16. The van der Waals surface area contributed by atoms with Gasteiger partial charge in [-0.2, -0.15) is 0 Å². The van der Waals surface area contributed by atoms with Gasteiger partial charge in [0.1, 0.15) is 0 Å². The molecule has 0 fully saturated rings. The van der Waals surface area contributed by atoms with Gasteiger partial charge in [0.15, 0.2) is 5.16 Å². The number of fused-ring (bicyclic) bond motifs is 1. The zero-order chi connectivity index (χ0) is 21.1. The zero-order valence-corrected chi connectivity index (χ0v) is 17.8. The van der Waals surface area contributed by atoms with Crippen molar-refractivity contribution in [2.24, 2.45) is 0 Å². The van der Waals surface area contributed by atoms with Crippen LogP contribution in [-0.2, 0) is 4.79 Å². The smallest absolute Gasteiger partial charge is 0.266 e. The van der Waals surface area contributed by atoms with E-state index in [9.17, 15) is 9.59 Å². The molecule has 0 saturated carbocycles. The fourth-order valence-electron chi connectivity index (χ4n) is 2.93. The van der Waals surface area contributed by atoms with Crippen molar-refractivity contribution in [1.29, 1.82) is 0 Å². The van der Waals surface area contributed by atoms with Crippen LogP contribution >= 0.6 is 35.0 Å². The van der Waals surface area contributed by atoms with Crippen LogP contribution in [0.15, 0.2) is 82.7 Å². The number of hydrogen-bond donors (Lipinski definition) is 1. The third-order valence-electron chi connectivity index (χ3n) is 4.32. The maximum atomic E-state index is 13.2. The molecule has 150 valence electrons. The van der Waals surface area contributed by atoms with Crippen molar-refractivity contribution >= 4 is 57.5 Å². The largest absolute Gasteiger partial charge is 0.324 e. The molecule has 0 saturated heterocycles. The summed E-state index contributed by atoms with van der Waals surface area (Å²) in [4.78, 5) is 30.3. The van der Waals surface area contributed by atoms with Gasteiger partial charge in [0.25, 0.3) is 5.56 Å². The van der Waals surface area contributed by atoms with Crippen LogP contribution in [0.5, 0.6) is 0 Å². The number of carbonyl (C=O) groups excluding carboxylic acids is 1. The Labute approximate surface area is 186 Å². The number of nitrogens with zero attached hydrogens (tertiary/aromatic N) is 2. The Bertz CT molecular complexity index is 1310. The first-order valence-electron chi connectivity index (χ1n) is 8.98. The molecule has 0 bridgehead atoms. The molecule has 1 aromatic heterocycles. The SMILES string of the molecule is O=C(CSc1nc2ccccc2c(=O)n1-c1ccccc1Cl)Nc1ccccc1Cl. The molecule has 3 aromatic carbocycles. The van der Waals surface area contributed by atoms with Gasteiger partial charge in [-0.3, -0.25) is 14.2 Å². The van der Waals surface area contributed by atoms with E-state index in [1.807, 2.05) is 6.07 Å². The first-order chi connectivity index (χ1) is 14.5. The second kappa shape index (κ2) is 8.92. The maximum absolute atomic E-state index is 13.2. The summed E-state index contributed by atoms with van der Waals surface area (Å²) in [7, 11) is 0. The van der Waals surface area contributed by atoms with Crippen molar-refractivity contribution in [3.63, 3.8) is 0 Å². The second-order valence-electron chi connectivity index (χ2n) is 6.32. The Kier molecular flexibility index (Phi) is 6.08. The summed E-state index contributed by atoms with van der Waals surface area (Å²) in [6.07, 6.45) is 0. The molecule has 4 aromatic rings. The molecule has 5 nitrogen and oxygen atoms in total. The van der Waals surface area contributed by atoms with Gasteiger partial charge in [-0.25, -0.2) is 4.98 Å². The molecule has 0 unspecified atom stereocenters. The topological polar surface area (TPSA) is 64.0 Å². The van der Waals surface area contributed by atoms with Crippen molar-refractivity contribution in [3.8, 4) is 5.69 Å². The Hall–Kier alpha value is -2.80. The normalized spacial score (nSPS) is 10.9. The van der Waals surface area contributed by atoms with Crippen molar-refractivity contribution in [1.82, 2.24) is 9.55 Å². The Morgan fingerprint density at radius 1 is 0.933 bits per heavy atom. The lowest BCUT2D eigenvalue weighted by Gasteiger charge is -2.14. The number of halogens is 2. The van der Waals surface area contributed by atoms with E-state index >= 15 is 0 Å². The highest BCUT2D eigenvalue weighted by atomic mass is 35.5. The van der Waals surface area contributed by atoms with Crippen molar-refractivity contribution in [2.75, 3.05) is 11.1 Å². The first kappa shape index (κ1) is 20.5. The number of aromatic nitrogens is 2. The molecular formula is C22H15Cl2N3O2S. The Morgan fingerprint density at radius 3 is 2.37 bits per heavy atom. The summed E-state index contributed by atoms with van der Waals surface area (Å²) in [5, 5.41) is 4.49. The number of benzene rings is 3. The lowest BCUT2D eigenvalue weighted by Crippen LogP contribution is -2.23. The lowest BCUT2D eigenvalue weighted by molar-refractivity contribution is -0.113. The summed E-state index contributed by atoms with van der Waals surface area (Å²) < 4.78 is 1.44. The van der Waals surface area contributed by atoms with Crippen molar-refractivity contribution < 1.29 is 4.79 Å². The molecule has 0 aliphatic rings. The molecule has 0 aliphatic heterocycles. The fourth-order valence-corrected chi connectivity index (χ4v) is 4.14. The number of nitrogens with one attached hydrogen (secondary N) is 1. The predicted molar refractivity (Wildman–Crippen MR) is 123 cm³/mol. The predicted octanol–water partition coefficient (Wildman–Crippen LogP) is 5.42. The van der Waals surface area contributed by atoms with Gasteiger partial charge in [0, 0.05) is 0 Å². The van der Waals surface area contributed by atoms with Crippen molar-refractivity contribution in [2.45, 2.75) is 5.16 Å². The third kappa shape index (κ3) is 4.21. The molecule has 0 atom stereocenters. The highest BCUT2D eigenvalue weighted by Crippen LogP contribution is 2.26. The minimum Gasteiger partial charge on any atom is -0.324 e. The van der Waals surface area contributed by atoms with Crippen LogP contribution in [0.2, 0.25) is 10.0 Å². The fraction of sp³-hybridized carbons (Fsp3) is 0.0455. The van der Waals surface area contributed by atoms with Crippen LogP contribution in [0.25, 0.3) is 16.6 Å². The molecule has 8 heteroatoms. The van der Waals surface area contributed by atoms with Crippen molar-refractivity contribution in [3.05, 3.63) is 93.2 Å². The molecule has 4 rings (SSSR count). The van der Waals surface area contributed by atoms with E-state index in [1.54, 1.807) is 66.7 Å². The van der Waals surface area contributed by atoms with E-state index in [-0.39, 0.29) is 17.2 Å². The number of thioether (sulfide) groups is 1. The molecule has 1 amide bonds. The quantitative estimate of drug-likeness (QED) is 0.322. The summed E-state index contributed by atoms with van der Waals surface area (Å²) in [5.74, 6) is -0.221. The number of carbonyl (C=O) groups is 1. The molecule has 0 aliphatic carbocycles. The summed E-state index contributed by atoms with van der Waals surface area (Å²) in [5.41, 5.74) is 1.35. The molecule has 1 N–H and O–H groups in total. The minimum absolute atomic E-state index is 0.0421. The maximum Gasteiger partial charge on any atom is 0.266 e. The van der Waals surface area contributed by atoms with Gasteiger partial charge in [-0.1, -0.05) is 71.4 Å². The zero-order valence-electron chi connectivity index (χ0n) is 15.5. The minimum atomic E-state index is -0.263. The average molecular weight is 456 g/mol.